The first-order chi connectivity index (χ1) is 8.66. The molecule has 3 aromatic rings. The number of halogens is 1. The number of rotatable bonds is 2. The van der Waals surface area contributed by atoms with Gasteiger partial charge in [-0.25, -0.2) is 4.98 Å². The van der Waals surface area contributed by atoms with E-state index in [-0.39, 0.29) is 5.38 Å². The van der Waals surface area contributed by atoms with Crippen LogP contribution in [0.2, 0.25) is 0 Å². The molecule has 0 radical (unpaired) electrons. The Morgan fingerprint density at radius 2 is 2.17 bits per heavy atom. The number of fused-ring (bicyclic) bond motifs is 1. The van der Waals surface area contributed by atoms with Crippen molar-refractivity contribution >= 4 is 22.6 Å². The van der Waals surface area contributed by atoms with Gasteiger partial charge in [0.1, 0.15) is 11.3 Å². The van der Waals surface area contributed by atoms with Crippen LogP contribution in [-0.2, 0) is 7.05 Å². The van der Waals surface area contributed by atoms with Gasteiger partial charge >= 0.3 is 0 Å². The maximum atomic E-state index is 6.21. The Labute approximate surface area is 109 Å². The van der Waals surface area contributed by atoms with Gasteiger partial charge in [-0.3, -0.25) is 14.2 Å². The van der Waals surface area contributed by atoms with Crippen molar-refractivity contribution in [2.45, 2.75) is 12.3 Å². The van der Waals surface area contributed by atoms with Crippen molar-refractivity contribution in [2.75, 3.05) is 0 Å². The largest absolute Gasteiger partial charge is 0.292 e. The number of pyridine rings is 1. The highest BCUT2D eigenvalue weighted by Crippen LogP contribution is 2.27. The molecule has 5 nitrogen and oxygen atoms in total. The van der Waals surface area contributed by atoms with Gasteiger partial charge in [0.05, 0.1) is 29.0 Å². The van der Waals surface area contributed by atoms with Crippen molar-refractivity contribution in [3.05, 3.63) is 36.7 Å². The molecule has 0 aliphatic carbocycles. The smallest absolute Gasteiger partial charge is 0.132 e. The molecule has 18 heavy (non-hydrogen) atoms. The highest BCUT2D eigenvalue weighted by molar-refractivity contribution is 6.20. The lowest BCUT2D eigenvalue weighted by Gasteiger charge is -2.07. The third kappa shape index (κ3) is 1.67. The van der Waals surface area contributed by atoms with Gasteiger partial charge in [0, 0.05) is 19.4 Å². The van der Waals surface area contributed by atoms with Crippen LogP contribution in [0.1, 0.15) is 18.1 Å². The molecule has 0 fully saturated rings. The molecule has 3 aromatic heterocycles. The molecule has 92 valence electrons. The van der Waals surface area contributed by atoms with Gasteiger partial charge in [-0.05, 0) is 13.0 Å². The molecule has 0 bridgehead atoms. The Kier molecular flexibility index (Phi) is 2.56. The summed E-state index contributed by atoms with van der Waals surface area (Å²) in [6, 6.07) is 1.93. The van der Waals surface area contributed by atoms with E-state index >= 15 is 0 Å². The molecule has 3 heterocycles. The van der Waals surface area contributed by atoms with Crippen LogP contribution < -0.4 is 0 Å². The fourth-order valence-corrected chi connectivity index (χ4v) is 2.16. The topological polar surface area (TPSA) is 48.5 Å². The van der Waals surface area contributed by atoms with E-state index in [1.54, 1.807) is 23.3 Å². The van der Waals surface area contributed by atoms with Gasteiger partial charge in [-0.15, -0.1) is 11.6 Å². The van der Waals surface area contributed by atoms with E-state index in [0.29, 0.717) is 0 Å². The lowest BCUT2D eigenvalue weighted by molar-refractivity contribution is 0.767. The summed E-state index contributed by atoms with van der Waals surface area (Å²) in [7, 11) is 1.88. The Morgan fingerprint density at radius 1 is 1.33 bits per heavy atom. The lowest BCUT2D eigenvalue weighted by atomic mass is 10.4. The number of alkyl halides is 1. The zero-order valence-corrected chi connectivity index (χ0v) is 10.8. The molecule has 0 saturated heterocycles. The van der Waals surface area contributed by atoms with Crippen LogP contribution in [0.5, 0.6) is 0 Å². The summed E-state index contributed by atoms with van der Waals surface area (Å²) >= 11 is 6.21. The minimum Gasteiger partial charge on any atom is -0.292 e. The molecule has 0 amide bonds. The molecule has 1 unspecified atom stereocenters. The summed E-state index contributed by atoms with van der Waals surface area (Å²) in [5, 5.41) is 4.01. The minimum absolute atomic E-state index is 0.183. The Hall–Kier alpha value is -1.88. The third-order valence-electron chi connectivity index (χ3n) is 2.79. The van der Waals surface area contributed by atoms with E-state index in [1.807, 2.05) is 30.8 Å². The Bertz CT molecular complexity index is 697. The van der Waals surface area contributed by atoms with Crippen molar-refractivity contribution in [1.82, 2.24) is 24.3 Å². The van der Waals surface area contributed by atoms with E-state index in [0.717, 1.165) is 22.5 Å². The van der Waals surface area contributed by atoms with E-state index in [1.165, 1.54) is 0 Å². The van der Waals surface area contributed by atoms with Crippen LogP contribution in [0.4, 0.5) is 0 Å². The van der Waals surface area contributed by atoms with Crippen LogP contribution in [0.15, 0.2) is 30.9 Å². The standard InChI is InChI=1S/C12H12ClN5/c1-8(13)12-16-10-6-14-4-3-11(10)18(12)9-5-15-17(2)7-9/h3-8H,1-2H3. The number of hydrogen-bond donors (Lipinski definition) is 0. The maximum absolute atomic E-state index is 6.21. The van der Waals surface area contributed by atoms with Crippen molar-refractivity contribution in [3.8, 4) is 5.69 Å². The summed E-state index contributed by atoms with van der Waals surface area (Å²) < 4.78 is 3.77. The zero-order valence-electron chi connectivity index (χ0n) is 10.1. The van der Waals surface area contributed by atoms with Gasteiger partial charge in [-0.2, -0.15) is 5.10 Å². The van der Waals surface area contributed by atoms with E-state index < -0.39 is 0 Å². The minimum atomic E-state index is -0.183. The first-order valence-corrected chi connectivity index (χ1v) is 6.06. The molecule has 1 atom stereocenters. The highest BCUT2D eigenvalue weighted by Gasteiger charge is 2.16. The highest BCUT2D eigenvalue weighted by atomic mass is 35.5. The molecule has 0 N–H and O–H groups in total. The fraction of sp³-hybridized carbons (Fsp3) is 0.250. The number of aryl methyl sites for hydroxylation is 1. The van der Waals surface area contributed by atoms with Gasteiger partial charge in [0.15, 0.2) is 0 Å². The van der Waals surface area contributed by atoms with E-state index in [4.69, 9.17) is 11.6 Å². The first kappa shape index (κ1) is 11.2. The molecule has 0 saturated carbocycles. The van der Waals surface area contributed by atoms with E-state index in [2.05, 4.69) is 15.1 Å². The second kappa shape index (κ2) is 4.10. The van der Waals surface area contributed by atoms with Gasteiger partial charge < -0.3 is 0 Å². The molecule has 0 aliphatic rings. The summed E-state index contributed by atoms with van der Waals surface area (Å²) in [5.41, 5.74) is 2.78. The van der Waals surface area contributed by atoms with Crippen LogP contribution in [0.25, 0.3) is 16.7 Å². The van der Waals surface area contributed by atoms with Gasteiger partial charge in [-0.1, -0.05) is 0 Å². The van der Waals surface area contributed by atoms with Gasteiger partial charge in [0.25, 0.3) is 0 Å². The van der Waals surface area contributed by atoms with Crippen LogP contribution in [0, 0.1) is 0 Å². The third-order valence-corrected chi connectivity index (χ3v) is 2.98. The number of hydrogen-bond acceptors (Lipinski definition) is 3. The average Bonchev–Trinajstić information content (AvgIpc) is 2.92. The summed E-state index contributed by atoms with van der Waals surface area (Å²) in [4.78, 5) is 8.62. The summed E-state index contributed by atoms with van der Waals surface area (Å²) in [6.45, 7) is 1.91. The zero-order chi connectivity index (χ0) is 12.7. The van der Waals surface area contributed by atoms with Crippen molar-refractivity contribution in [1.29, 1.82) is 0 Å². The SMILES string of the molecule is CC(Cl)c1nc2cnccc2n1-c1cnn(C)c1. The van der Waals surface area contributed by atoms with Crippen molar-refractivity contribution < 1.29 is 0 Å². The fourth-order valence-electron chi connectivity index (χ4n) is 2.01. The molecule has 0 spiro atoms. The molecule has 0 aromatic carbocycles. The molecule has 3 rings (SSSR count). The predicted molar refractivity (Wildman–Crippen MR) is 69.9 cm³/mol. The Morgan fingerprint density at radius 3 is 2.83 bits per heavy atom. The predicted octanol–water partition coefficient (Wildman–Crippen LogP) is 2.45. The van der Waals surface area contributed by atoms with Crippen LogP contribution in [0.3, 0.4) is 0 Å². The van der Waals surface area contributed by atoms with Crippen LogP contribution >= 0.6 is 11.6 Å². The quantitative estimate of drug-likeness (QED) is 0.666. The average molecular weight is 262 g/mol. The second-order valence-electron chi connectivity index (χ2n) is 4.16. The number of aromatic nitrogens is 5. The van der Waals surface area contributed by atoms with Crippen molar-refractivity contribution in [3.63, 3.8) is 0 Å². The lowest BCUT2D eigenvalue weighted by Crippen LogP contribution is -2.00. The first-order valence-electron chi connectivity index (χ1n) is 5.62. The molecular weight excluding hydrogens is 250 g/mol. The van der Waals surface area contributed by atoms with Crippen LogP contribution in [-0.4, -0.2) is 24.3 Å². The summed E-state index contributed by atoms with van der Waals surface area (Å²) in [6.07, 6.45) is 7.22. The maximum Gasteiger partial charge on any atom is 0.132 e. The second-order valence-corrected chi connectivity index (χ2v) is 4.81. The molecular formula is C12H12ClN5. The normalized spacial score (nSPS) is 13.1. The molecule has 0 aliphatic heterocycles. The van der Waals surface area contributed by atoms with Gasteiger partial charge in [0.2, 0.25) is 0 Å². The monoisotopic (exact) mass is 261 g/mol. The Balaban J connectivity index is 2.34. The summed E-state index contributed by atoms with van der Waals surface area (Å²) in [5.74, 6) is 0.799. The molecule has 6 heteroatoms. The number of nitrogens with zero attached hydrogens (tertiary/aromatic N) is 5. The number of imidazole rings is 1. The van der Waals surface area contributed by atoms with Crippen molar-refractivity contribution in [2.24, 2.45) is 7.05 Å². The van der Waals surface area contributed by atoms with E-state index in [9.17, 15) is 0 Å².